The maximum absolute atomic E-state index is 5.52. The predicted octanol–water partition coefficient (Wildman–Crippen LogP) is 2.90. The number of benzene rings is 1. The third kappa shape index (κ3) is 2.43. The molecule has 0 unspecified atom stereocenters. The average molecular weight is 209 g/mol. The quantitative estimate of drug-likeness (QED) is 0.510. The summed E-state index contributed by atoms with van der Waals surface area (Å²) in [6, 6.07) is 4.06. The van der Waals surface area contributed by atoms with Gasteiger partial charge in [0.2, 0.25) is 0 Å². The van der Waals surface area contributed by atoms with Crippen molar-refractivity contribution in [1.82, 2.24) is 0 Å². The number of methoxy groups -OCH3 is 1. The molecule has 0 aliphatic heterocycles. The molecule has 0 N–H and O–H groups in total. The minimum absolute atomic E-state index is 0.344. The van der Waals surface area contributed by atoms with Crippen molar-refractivity contribution in [2.75, 3.05) is 13.0 Å². The minimum atomic E-state index is 0.344. The fraction of sp³-hybridized carbons (Fsp3) is 0.333. The van der Waals surface area contributed by atoms with E-state index in [0.29, 0.717) is 5.88 Å². The van der Waals surface area contributed by atoms with Gasteiger partial charge in [-0.1, -0.05) is 17.9 Å². The molecule has 0 bridgehead atoms. The molecule has 2 heteroatoms. The number of rotatable bonds is 1. The van der Waals surface area contributed by atoms with Crippen LogP contribution in [0.3, 0.4) is 0 Å². The molecule has 0 amide bonds. The third-order valence-electron chi connectivity index (χ3n) is 1.94. The summed E-state index contributed by atoms with van der Waals surface area (Å²) in [6.07, 6.45) is 0. The topological polar surface area (TPSA) is 9.23 Å². The minimum Gasteiger partial charge on any atom is -0.495 e. The second kappa shape index (κ2) is 4.93. The summed E-state index contributed by atoms with van der Waals surface area (Å²) in [4.78, 5) is 0. The van der Waals surface area contributed by atoms with Crippen molar-refractivity contribution in [3.8, 4) is 17.6 Å². The maximum atomic E-state index is 5.52. The summed E-state index contributed by atoms with van der Waals surface area (Å²) >= 11 is 5.52. The van der Waals surface area contributed by atoms with E-state index in [9.17, 15) is 0 Å². The molecule has 0 fully saturated rings. The molecule has 74 valence electrons. The van der Waals surface area contributed by atoms with E-state index in [0.717, 1.165) is 16.9 Å². The first-order chi connectivity index (χ1) is 6.69. The normalized spacial score (nSPS) is 9.14. The van der Waals surface area contributed by atoms with Crippen molar-refractivity contribution < 1.29 is 4.74 Å². The van der Waals surface area contributed by atoms with Crippen LogP contribution in [-0.2, 0) is 0 Å². The van der Waals surface area contributed by atoms with E-state index >= 15 is 0 Å². The number of alkyl halides is 1. The Morgan fingerprint density at radius 2 is 2.07 bits per heavy atom. The zero-order valence-electron chi connectivity index (χ0n) is 8.65. The van der Waals surface area contributed by atoms with Crippen LogP contribution in [0.15, 0.2) is 12.1 Å². The van der Waals surface area contributed by atoms with Crippen molar-refractivity contribution in [1.29, 1.82) is 0 Å². The summed E-state index contributed by atoms with van der Waals surface area (Å²) in [5, 5.41) is 0. The van der Waals surface area contributed by atoms with Crippen molar-refractivity contribution >= 4 is 11.6 Å². The number of halogens is 1. The second-order valence-electron chi connectivity index (χ2n) is 3.09. The van der Waals surface area contributed by atoms with Crippen molar-refractivity contribution in [3.05, 3.63) is 28.8 Å². The molecule has 1 rings (SSSR count). The van der Waals surface area contributed by atoms with Crippen LogP contribution >= 0.6 is 11.6 Å². The Balaban J connectivity index is 3.25. The van der Waals surface area contributed by atoms with Crippen LogP contribution in [0.5, 0.6) is 5.75 Å². The smallest absolute Gasteiger partial charge is 0.135 e. The molecular weight excluding hydrogens is 196 g/mol. The molecule has 0 heterocycles. The summed E-state index contributed by atoms with van der Waals surface area (Å²) < 4.78 is 5.26. The van der Waals surface area contributed by atoms with Crippen molar-refractivity contribution in [2.24, 2.45) is 0 Å². The maximum Gasteiger partial charge on any atom is 0.135 e. The fourth-order valence-electron chi connectivity index (χ4n) is 1.37. The van der Waals surface area contributed by atoms with Gasteiger partial charge in [-0.05, 0) is 31.0 Å². The highest BCUT2D eigenvalue weighted by atomic mass is 35.5. The van der Waals surface area contributed by atoms with Gasteiger partial charge < -0.3 is 4.74 Å². The lowest BCUT2D eigenvalue weighted by Gasteiger charge is -2.07. The molecule has 1 aromatic rings. The Morgan fingerprint density at radius 1 is 1.36 bits per heavy atom. The monoisotopic (exact) mass is 208 g/mol. The Hall–Kier alpha value is -1.13. The Bertz CT molecular complexity index is 385. The molecule has 0 saturated carbocycles. The Morgan fingerprint density at radius 3 is 2.64 bits per heavy atom. The molecular formula is C12H13ClO. The molecule has 0 aliphatic rings. The standard InChI is InChI=1S/C12H13ClO/c1-9-7-10(2)11(5-4-6-13)12(8-9)14-3/h7-8H,6H2,1-3H3. The van der Waals surface area contributed by atoms with Gasteiger partial charge >= 0.3 is 0 Å². The van der Waals surface area contributed by atoms with Gasteiger partial charge in [-0.2, -0.15) is 0 Å². The fourth-order valence-corrected chi connectivity index (χ4v) is 1.44. The molecule has 0 spiro atoms. The van der Waals surface area contributed by atoms with Crippen molar-refractivity contribution in [3.63, 3.8) is 0 Å². The van der Waals surface area contributed by atoms with Gasteiger partial charge in [0.15, 0.2) is 0 Å². The molecule has 0 aromatic heterocycles. The first kappa shape index (κ1) is 10.9. The summed E-state index contributed by atoms with van der Waals surface area (Å²) in [5.74, 6) is 7.00. The zero-order valence-corrected chi connectivity index (χ0v) is 9.40. The highest BCUT2D eigenvalue weighted by molar-refractivity contribution is 6.19. The molecule has 0 atom stereocenters. The van der Waals surface area contributed by atoms with E-state index in [1.54, 1.807) is 7.11 Å². The lowest BCUT2D eigenvalue weighted by Crippen LogP contribution is -1.92. The zero-order chi connectivity index (χ0) is 10.6. The third-order valence-corrected chi connectivity index (χ3v) is 2.08. The predicted molar refractivity (Wildman–Crippen MR) is 60.1 cm³/mol. The van der Waals surface area contributed by atoms with Gasteiger partial charge in [0.1, 0.15) is 5.75 Å². The van der Waals surface area contributed by atoms with Gasteiger partial charge in [0, 0.05) is 0 Å². The SMILES string of the molecule is COc1cc(C)cc(C)c1C#CCCl. The lowest BCUT2D eigenvalue weighted by molar-refractivity contribution is 0.413. The number of ether oxygens (including phenoxy) is 1. The molecule has 14 heavy (non-hydrogen) atoms. The molecule has 1 aromatic carbocycles. The van der Waals surface area contributed by atoms with E-state index in [-0.39, 0.29) is 0 Å². The van der Waals surface area contributed by atoms with Crippen LogP contribution in [0, 0.1) is 25.7 Å². The average Bonchev–Trinajstić information content (AvgIpc) is 2.15. The van der Waals surface area contributed by atoms with E-state index < -0.39 is 0 Å². The summed E-state index contributed by atoms with van der Waals surface area (Å²) in [7, 11) is 1.65. The lowest BCUT2D eigenvalue weighted by atomic mass is 10.0. The van der Waals surface area contributed by atoms with Gasteiger partial charge in [-0.15, -0.1) is 11.6 Å². The first-order valence-corrected chi connectivity index (χ1v) is 4.92. The van der Waals surface area contributed by atoms with E-state index in [2.05, 4.69) is 17.9 Å². The molecule has 0 aliphatic carbocycles. The Labute approximate surface area is 90.0 Å². The number of hydrogen-bond donors (Lipinski definition) is 0. The van der Waals surface area contributed by atoms with E-state index in [1.807, 2.05) is 19.9 Å². The van der Waals surface area contributed by atoms with Gasteiger partial charge in [0.05, 0.1) is 18.6 Å². The van der Waals surface area contributed by atoms with Crippen LogP contribution in [-0.4, -0.2) is 13.0 Å². The summed E-state index contributed by atoms with van der Waals surface area (Å²) in [6.45, 7) is 4.06. The van der Waals surface area contributed by atoms with E-state index in [1.165, 1.54) is 5.56 Å². The van der Waals surface area contributed by atoms with Crippen LogP contribution < -0.4 is 4.74 Å². The number of hydrogen-bond acceptors (Lipinski definition) is 1. The molecule has 0 radical (unpaired) electrons. The highest BCUT2D eigenvalue weighted by Gasteiger charge is 2.04. The van der Waals surface area contributed by atoms with E-state index in [4.69, 9.17) is 16.3 Å². The van der Waals surface area contributed by atoms with Crippen molar-refractivity contribution in [2.45, 2.75) is 13.8 Å². The largest absolute Gasteiger partial charge is 0.495 e. The van der Waals surface area contributed by atoms with Gasteiger partial charge in [0.25, 0.3) is 0 Å². The summed E-state index contributed by atoms with van der Waals surface area (Å²) in [5.41, 5.74) is 3.23. The Kier molecular flexibility index (Phi) is 3.85. The van der Waals surface area contributed by atoms with Crippen LogP contribution in [0.25, 0.3) is 0 Å². The number of aryl methyl sites for hydroxylation is 2. The van der Waals surface area contributed by atoms with Crippen LogP contribution in [0.2, 0.25) is 0 Å². The molecule has 0 saturated heterocycles. The second-order valence-corrected chi connectivity index (χ2v) is 3.36. The molecule has 1 nitrogen and oxygen atoms in total. The van der Waals surface area contributed by atoms with Crippen LogP contribution in [0.4, 0.5) is 0 Å². The first-order valence-electron chi connectivity index (χ1n) is 4.39. The van der Waals surface area contributed by atoms with Crippen LogP contribution in [0.1, 0.15) is 16.7 Å². The van der Waals surface area contributed by atoms with Gasteiger partial charge in [-0.25, -0.2) is 0 Å². The van der Waals surface area contributed by atoms with Gasteiger partial charge in [-0.3, -0.25) is 0 Å². The highest BCUT2D eigenvalue weighted by Crippen LogP contribution is 2.22.